The van der Waals surface area contributed by atoms with Gasteiger partial charge in [0, 0.05) is 40.9 Å². The van der Waals surface area contributed by atoms with Gasteiger partial charge in [-0.05, 0) is 49.2 Å². The van der Waals surface area contributed by atoms with Crippen LogP contribution < -0.4 is 10.6 Å². The fourth-order valence-corrected chi connectivity index (χ4v) is 2.59. The van der Waals surface area contributed by atoms with E-state index in [0.717, 1.165) is 27.2 Å². The molecule has 0 aliphatic rings. The molecule has 6 heteroatoms. The van der Waals surface area contributed by atoms with Crippen LogP contribution in [0, 0.1) is 13.8 Å². The number of hydrogen-bond donors (Lipinski definition) is 2. The van der Waals surface area contributed by atoms with Gasteiger partial charge >= 0.3 is 0 Å². The summed E-state index contributed by atoms with van der Waals surface area (Å²) in [5, 5.41) is 6.57. The Morgan fingerprint density at radius 2 is 1.79 bits per heavy atom. The van der Waals surface area contributed by atoms with Crippen molar-refractivity contribution in [3.8, 4) is 0 Å². The van der Waals surface area contributed by atoms with Crippen LogP contribution in [0.4, 0.5) is 17.5 Å². The molecule has 1 aromatic carbocycles. The number of pyridine rings is 1. The van der Waals surface area contributed by atoms with Crippen LogP contribution in [0.3, 0.4) is 0 Å². The van der Waals surface area contributed by atoms with Crippen LogP contribution in [-0.4, -0.2) is 15.0 Å². The van der Waals surface area contributed by atoms with Crippen molar-refractivity contribution >= 4 is 33.4 Å². The molecule has 2 N–H and O–H groups in total. The second kappa shape index (κ2) is 7.40. The molecule has 3 rings (SSSR count). The Bertz CT molecular complexity index is 836. The molecule has 0 unspecified atom stereocenters. The van der Waals surface area contributed by atoms with Crippen LogP contribution in [0.1, 0.15) is 16.8 Å². The zero-order chi connectivity index (χ0) is 16.9. The molecule has 0 aliphatic heterocycles. The first kappa shape index (κ1) is 16.4. The lowest BCUT2D eigenvalue weighted by Gasteiger charge is -2.11. The van der Waals surface area contributed by atoms with E-state index in [2.05, 4.69) is 48.4 Å². The average Bonchev–Trinajstić information content (AvgIpc) is 2.57. The van der Waals surface area contributed by atoms with E-state index >= 15 is 0 Å². The first-order chi connectivity index (χ1) is 11.6. The molecule has 2 aromatic heterocycles. The van der Waals surface area contributed by atoms with Crippen LogP contribution in [0.15, 0.2) is 53.3 Å². The maximum atomic E-state index is 4.53. The summed E-state index contributed by atoms with van der Waals surface area (Å²) in [7, 11) is 0. The lowest BCUT2D eigenvalue weighted by atomic mass is 10.2. The van der Waals surface area contributed by atoms with Crippen LogP contribution >= 0.6 is 15.9 Å². The van der Waals surface area contributed by atoms with E-state index in [-0.39, 0.29) is 0 Å². The lowest BCUT2D eigenvalue weighted by Crippen LogP contribution is -2.05. The zero-order valence-corrected chi connectivity index (χ0v) is 15.1. The van der Waals surface area contributed by atoms with E-state index in [9.17, 15) is 0 Å². The molecule has 2 heterocycles. The van der Waals surface area contributed by atoms with Gasteiger partial charge in [0.25, 0.3) is 0 Å². The summed E-state index contributed by atoms with van der Waals surface area (Å²) >= 11 is 3.54. The molecular formula is C18H18BrN5. The average molecular weight is 384 g/mol. The predicted molar refractivity (Wildman–Crippen MR) is 100 cm³/mol. The Labute approximate surface area is 149 Å². The van der Waals surface area contributed by atoms with Crippen molar-refractivity contribution < 1.29 is 0 Å². The Hall–Kier alpha value is -2.47. The highest BCUT2D eigenvalue weighted by Gasteiger charge is 2.04. The first-order valence-corrected chi connectivity index (χ1v) is 8.41. The van der Waals surface area contributed by atoms with Gasteiger partial charge in [0.2, 0.25) is 5.95 Å². The summed E-state index contributed by atoms with van der Waals surface area (Å²) in [6, 6.07) is 12.0. The third-order valence-corrected chi connectivity index (χ3v) is 4.36. The smallest absolute Gasteiger partial charge is 0.229 e. The molecule has 3 aromatic rings. The van der Waals surface area contributed by atoms with E-state index in [1.807, 2.05) is 43.3 Å². The van der Waals surface area contributed by atoms with E-state index in [0.29, 0.717) is 12.5 Å². The van der Waals surface area contributed by atoms with Gasteiger partial charge < -0.3 is 10.6 Å². The standard InChI is InChI=1S/C18H18BrN5/c1-12-3-4-15(10-16(12)19)23-18-22-13(2)9-17(24-18)21-11-14-5-7-20-8-6-14/h3-10H,11H2,1-2H3,(H2,21,22,23,24). The van der Waals surface area contributed by atoms with Gasteiger partial charge in [0.15, 0.2) is 0 Å². The summed E-state index contributed by atoms with van der Waals surface area (Å²) in [6.45, 7) is 4.70. The molecule has 122 valence electrons. The molecule has 0 fully saturated rings. The van der Waals surface area contributed by atoms with Gasteiger partial charge in [-0.25, -0.2) is 4.98 Å². The number of benzene rings is 1. The fourth-order valence-electron chi connectivity index (χ4n) is 2.21. The molecule has 0 radical (unpaired) electrons. The number of hydrogen-bond acceptors (Lipinski definition) is 5. The second-order valence-electron chi connectivity index (χ2n) is 5.52. The number of nitrogens with one attached hydrogen (secondary N) is 2. The first-order valence-electron chi connectivity index (χ1n) is 7.62. The summed E-state index contributed by atoms with van der Waals surface area (Å²) in [4.78, 5) is 13.0. The van der Waals surface area contributed by atoms with Gasteiger partial charge in [-0.2, -0.15) is 4.98 Å². The summed E-state index contributed by atoms with van der Waals surface area (Å²) in [5.41, 5.74) is 4.18. The topological polar surface area (TPSA) is 62.7 Å². The number of aromatic nitrogens is 3. The van der Waals surface area contributed by atoms with Crippen LogP contribution in [0.2, 0.25) is 0 Å². The van der Waals surface area contributed by atoms with Gasteiger partial charge in [-0.1, -0.05) is 22.0 Å². The largest absolute Gasteiger partial charge is 0.366 e. The number of nitrogens with zero attached hydrogens (tertiary/aromatic N) is 3. The number of anilines is 3. The minimum atomic E-state index is 0.572. The van der Waals surface area contributed by atoms with Gasteiger partial charge in [0.1, 0.15) is 5.82 Å². The Morgan fingerprint density at radius 1 is 1.00 bits per heavy atom. The zero-order valence-electron chi connectivity index (χ0n) is 13.5. The Balaban J connectivity index is 1.74. The molecule has 0 saturated carbocycles. The molecule has 0 atom stereocenters. The SMILES string of the molecule is Cc1cc(NCc2ccncc2)nc(Nc2ccc(C)c(Br)c2)n1. The molecule has 0 aliphatic carbocycles. The van der Waals surface area contributed by atoms with Gasteiger partial charge in [-0.3, -0.25) is 4.98 Å². The monoisotopic (exact) mass is 383 g/mol. The molecule has 0 spiro atoms. The van der Waals surface area contributed by atoms with Crippen molar-refractivity contribution in [1.82, 2.24) is 15.0 Å². The molecule has 0 bridgehead atoms. The summed E-state index contributed by atoms with van der Waals surface area (Å²) in [6.07, 6.45) is 3.56. The van der Waals surface area contributed by atoms with Crippen LogP contribution in [0.25, 0.3) is 0 Å². The molecule has 0 amide bonds. The fraction of sp³-hybridized carbons (Fsp3) is 0.167. The lowest BCUT2D eigenvalue weighted by molar-refractivity contribution is 1.05. The Kier molecular flexibility index (Phi) is 5.05. The highest BCUT2D eigenvalue weighted by Crippen LogP contribution is 2.23. The van der Waals surface area contributed by atoms with E-state index in [4.69, 9.17) is 0 Å². The number of rotatable bonds is 5. The number of halogens is 1. The molecule has 0 saturated heterocycles. The third-order valence-electron chi connectivity index (χ3n) is 3.51. The molecule has 5 nitrogen and oxygen atoms in total. The van der Waals surface area contributed by atoms with Crippen LogP contribution in [-0.2, 0) is 6.54 Å². The van der Waals surface area contributed by atoms with Crippen molar-refractivity contribution in [3.63, 3.8) is 0 Å². The highest BCUT2D eigenvalue weighted by atomic mass is 79.9. The van der Waals surface area contributed by atoms with Gasteiger partial charge in [-0.15, -0.1) is 0 Å². The van der Waals surface area contributed by atoms with Crippen molar-refractivity contribution in [1.29, 1.82) is 0 Å². The van der Waals surface area contributed by atoms with E-state index in [1.165, 1.54) is 5.56 Å². The Morgan fingerprint density at radius 3 is 2.54 bits per heavy atom. The molecular weight excluding hydrogens is 366 g/mol. The van der Waals surface area contributed by atoms with E-state index < -0.39 is 0 Å². The number of aryl methyl sites for hydroxylation is 2. The third kappa shape index (κ3) is 4.29. The van der Waals surface area contributed by atoms with Gasteiger partial charge in [0.05, 0.1) is 0 Å². The highest BCUT2D eigenvalue weighted by molar-refractivity contribution is 9.10. The van der Waals surface area contributed by atoms with E-state index in [1.54, 1.807) is 12.4 Å². The minimum absolute atomic E-state index is 0.572. The minimum Gasteiger partial charge on any atom is -0.366 e. The summed E-state index contributed by atoms with van der Waals surface area (Å²) < 4.78 is 1.05. The van der Waals surface area contributed by atoms with Crippen molar-refractivity contribution in [2.75, 3.05) is 10.6 Å². The second-order valence-corrected chi connectivity index (χ2v) is 6.37. The predicted octanol–water partition coefficient (Wildman–Crippen LogP) is 4.61. The normalized spacial score (nSPS) is 10.5. The van der Waals surface area contributed by atoms with Crippen molar-refractivity contribution in [2.45, 2.75) is 20.4 Å². The quantitative estimate of drug-likeness (QED) is 0.673. The summed E-state index contributed by atoms with van der Waals surface area (Å²) in [5.74, 6) is 1.36. The maximum Gasteiger partial charge on any atom is 0.229 e. The van der Waals surface area contributed by atoms with Crippen LogP contribution in [0.5, 0.6) is 0 Å². The van der Waals surface area contributed by atoms with Crippen molar-refractivity contribution in [2.24, 2.45) is 0 Å². The molecule has 24 heavy (non-hydrogen) atoms. The van der Waals surface area contributed by atoms with Crippen molar-refractivity contribution in [3.05, 3.63) is 70.1 Å². The maximum absolute atomic E-state index is 4.53.